The Kier molecular flexibility index (Phi) is 6.50. The van der Waals surface area contributed by atoms with E-state index in [0.29, 0.717) is 24.7 Å². The molecule has 4 rings (SSSR count). The van der Waals surface area contributed by atoms with Crippen molar-refractivity contribution >= 4 is 17.3 Å². The number of guanidine groups is 1. The molecular weight excluding hydrogens is 378 g/mol. The number of aromatic nitrogens is 1. The fourth-order valence-electron chi connectivity index (χ4n) is 4.83. The maximum absolute atomic E-state index is 4.86. The Balaban J connectivity index is 1.37. The number of aliphatic imine (C=N–C) groups is 1. The topological polar surface area (TPSA) is 52.6 Å². The Morgan fingerprint density at radius 2 is 1.90 bits per heavy atom. The van der Waals surface area contributed by atoms with Crippen LogP contribution in [-0.4, -0.2) is 40.5 Å². The molecule has 2 N–H and O–H groups in total. The van der Waals surface area contributed by atoms with Gasteiger partial charge in [-0.25, -0.2) is 9.98 Å². The van der Waals surface area contributed by atoms with E-state index < -0.39 is 0 Å². The highest BCUT2D eigenvalue weighted by molar-refractivity contribution is 7.11. The lowest BCUT2D eigenvalue weighted by Crippen LogP contribution is -2.52. The molecule has 0 aliphatic carbocycles. The van der Waals surface area contributed by atoms with Gasteiger partial charge in [0.05, 0.1) is 17.2 Å². The minimum absolute atomic E-state index is 0.501. The second kappa shape index (κ2) is 9.26. The number of thiazole rings is 1. The summed E-state index contributed by atoms with van der Waals surface area (Å²) < 4.78 is 0. The fraction of sp³-hybridized carbons (Fsp3) is 0.565. The van der Waals surface area contributed by atoms with Crippen LogP contribution in [0.15, 0.2) is 35.3 Å². The van der Waals surface area contributed by atoms with Crippen molar-refractivity contribution in [1.82, 2.24) is 20.5 Å². The number of benzene rings is 1. The SMILES string of the molecule is CCNC(=NCc1sc(C)nc1C)NC1CC2CCC(C1)N2Cc1ccccc1. The summed E-state index contributed by atoms with van der Waals surface area (Å²) in [5, 5.41) is 8.29. The number of rotatable bonds is 6. The molecule has 1 aromatic heterocycles. The molecule has 2 saturated heterocycles. The van der Waals surface area contributed by atoms with Crippen LogP contribution in [0.25, 0.3) is 0 Å². The van der Waals surface area contributed by atoms with Gasteiger partial charge in [-0.2, -0.15) is 0 Å². The average Bonchev–Trinajstić information content (AvgIpc) is 3.14. The third-order valence-corrected chi connectivity index (χ3v) is 7.22. The van der Waals surface area contributed by atoms with E-state index >= 15 is 0 Å². The molecule has 2 fully saturated rings. The summed E-state index contributed by atoms with van der Waals surface area (Å²) in [6.45, 7) is 8.94. The number of aryl methyl sites for hydroxylation is 2. The van der Waals surface area contributed by atoms with Crippen molar-refractivity contribution in [2.45, 2.75) is 77.7 Å². The van der Waals surface area contributed by atoms with Gasteiger partial charge in [0.2, 0.25) is 0 Å². The lowest BCUT2D eigenvalue weighted by atomic mass is 9.96. The molecule has 2 bridgehead atoms. The van der Waals surface area contributed by atoms with Crippen LogP contribution in [0.4, 0.5) is 0 Å². The molecule has 2 aliphatic rings. The second-order valence-corrected chi connectivity index (χ2v) is 9.58. The van der Waals surface area contributed by atoms with Crippen LogP contribution in [0.5, 0.6) is 0 Å². The molecule has 2 unspecified atom stereocenters. The van der Waals surface area contributed by atoms with Crippen molar-refractivity contribution in [2.24, 2.45) is 4.99 Å². The predicted molar refractivity (Wildman–Crippen MR) is 121 cm³/mol. The summed E-state index contributed by atoms with van der Waals surface area (Å²) in [6.07, 6.45) is 5.05. The van der Waals surface area contributed by atoms with Gasteiger partial charge in [-0.1, -0.05) is 30.3 Å². The number of hydrogen-bond acceptors (Lipinski definition) is 4. The Morgan fingerprint density at radius 1 is 1.17 bits per heavy atom. The zero-order chi connectivity index (χ0) is 20.2. The van der Waals surface area contributed by atoms with Crippen LogP contribution in [0.1, 0.15) is 53.7 Å². The van der Waals surface area contributed by atoms with E-state index in [-0.39, 0.29) is 0 Å². The number of piperidine rings is 1. The number of hydrogen-bond donors (Lipinski definition) is 2. The van der Waals surface area contributed by atoms with Crippen molar-refractivity contribution in [3.8, 4) is 0 Å². The first-order chi connectivity index (χ1) is 14.1. The first kappa shape index (κ1) is 20.4. The van der Waals surface area contributed by atoms with E-state index in [0.717, 1.165) is 29.8 Å². The number of nitrogens with zero attached hydrogens (tertiary/aromatic N) is 3. The molecule has 1 aromatic carbocycles. The molecule has 2 aromatic rings. The van der Waals surface area contributed by atoms with Gasteiger partial charge in [-0.3, -0.25) is 4.90 Å². The third kappa shape index (κ3) is 4.98. The van der Waals surface area contributed by atoms with Crippen molar-refractivity contribution in [3.05, 3.63) is 51.5 Å². The quantitative estimate of drug-likeness (QED) is 0.557. The summed E-state index contributed by atoms with van der Waals surface area (Å²) in [6, 6.07) is 12.8. The van der Waals surface area contributed by atoms with Crippen LogP contribution in [0.3, 0.4) is 0 Å². The van der Waals surface area contributed by atoms with E-state index in [4.69, 9.17) is 4.99 Å². The standard InChI is InChI=1S/C23H33N5S/c1-4-24-23(25-14-22-16(2)26-17(3)29-22)27-19-12-20-10-11-21(13-19)28(20)15-18-8-6-5-7-9-18/h5-9,19-21H,4,10-15H2,1-3H3,(H2,24,25,27). The molecule has 2 atom stereocenters. The highest BCUT2D eigenvalue weighted by Crippen LogP contribution is 2.36. The second-order valence-electron chi connectivity index (χ2n) is 8.29. The Bertz CT molecular complexity index is 817. The highest BCUT2D eigenvalue weighted by atomic mass is 32.1. The van der Waals surface area contributed by atoms with Crippen LogP contribution >= 0.6 is 11.3 Å². The summed E-state index contributed by atoms with van der Waals surface area (Å²) >= 11 is 1.75. The van der Waals surface area contributed by atoms with Crippen LogP contribution < -0.4 is 10.6 Å². The van der Waals surface area contributed by atoms with Crippen molar-refractivity contribution in [1.29, 1.82) is 0 Å². The molecule has 29 heavy (non-hydrogen) atoms. The smallest absolute Gasteiger partial charge is 0.191 e. The third-order valence-electron chi connectivity index (χ3n) is 6.16. The Hall–Kier alpha value is -1.92. The molecule has 2 aliphatic heterocycles. The maximum atomic E-state index is 4.86. The minimum Gasteiger partial charge on any atom is -0.357 e. The van der Waals surface area contributed by atoms with Gasteiger partial charge in [0.15, 0.2) is 5.96 Å². The van der Waals surface area contributed by atoms with E-state index in [9.17, 15) is 0 Å². The van der Waals surface area contributed by atoms with Crippen molar-refractivity contribution in [3.63, 3.8) is 0 Å². The first-order valence-corrected chi connectivity index (χ1v) is 11.7. The van der Waals surface area contributed by atoms with Crippen LogP contribution in [0, 0.1) is 13.8 Å². The van der Waals surface area contributed by atoms with Gasteiger partial charge in [0, 0.05) is 36.1 Å². The van der Waals surface area contributed by atoms with Gasteiger partial charge in [-0.05, 0) is 52.0 Å². The molecule has 0 amide bonds. The molecule has 0 saturated carbocycles. The molecule has 6 heteroatoms. The largest absolute Gasteiger partial charge is 0.357 e. The first-order valence-electron chi connectivity index (χ1n) is 10.9. The van der Waals surface area contributed by atoms with Crippen LogP contribution in [0.2, 0.25) is 0 Å². The Labute approximate surface area is 178 Å². The number of fused-ring (bicyclic) bond motifs is 2. The fourth-order valence-corrected chi connectivity index (χ4v) is 5.69. The van der Waals surface area contributed by atoms with Crippen LogP contribution in [-0.2, 0) is 13.1 Å². The molecule has 5 nitrogen and oxygen atoms in total. The average molecular weight is 412 g/mol. The Morgan fingerprint density at radius 3 is 2.52 bits per heavy atom. The van der Waals surface area contributed by atoms with Gasteiger partial charge < -0.3 is 10.6 Å². The molecule has 156 valence electrons. The van der Waals surface area contributed by atoms with E-state index in [1.807, 2.05) is 0 Å². The lowest BCUT2D eigenvalue weighted by molar-refractivity contribution is 0.114. The van der Waals surface area contributed by atoms with Crippen molar-refractivity contribution in [2.75, 3.05) is 6.54 Å². The minimum atomic E-state index is 0.501. The normalized spacial score (nSPS) is 24.7. The van der Waals surface area contributed by atoms with E-state index in [2.05, 4.69) is 71.6 Å². The van der Waals surface area contributed by atoms with E-state index in [1.165, 1.54) is 36.1 Å². The zero-order valence-corrected chi connectivity index (χ0v) is 18.6. The summed E-state index contributed by atoms with van der Waals surface area (Å²) in [7, 11) is 0. The lowest BCUT2D eigenvalue weighted by Gasteiger charge is -2.39. The van der Waals surface area contributed by atoms with Gasteiger partial charge in [0.25, 0.3) is 0 Å². The molecular formula is C23H33N5S. The summed E-state index contributed by atoms with van der Waals surface area (Å²) in [4.78, 5) is 13.4. The van der Waals surface area contributed by atoms with E-state index in [1.54, 1.807) is 11.3 Å². The number of nitrogens with one attached hydrogen (secondary N) is 2. The highest BCUT2D eigenvalue weighted by Gasteiger charge is 2.40. The predicted octanol–water partition coefficient (Wildman–Crippen LogP) is 4.01. The van der Waals surface area contributed by atoms with Gasteiger partial charge in [-0.15, -0.1) is 11.3 Å². The summed E-state index contributed by atoms with van der Waals surface area (Å²) in [5.41, 5.74) is 2.54. The monoisotopic (exact) mass is 411 g/mol. The van der Waals surface area contributed by atoms with Crippen molar-refractivity contribution < 1.29 is 0 Å². The zero-order valence-electron chi connectivity index (χ0n) is 17.8. The molecule has 0 radical (unpaired) electrons. The molecule has 0 spiro atoms. The molecule has 3 heterocycles. The maximum Gasteiger partial charge on any atom is 0.191 e. The van der Waals surface area contributed by atoms with Gasteiger partial charge in [0.1, 0.15) is 0 Å². The van der Waals surface area contributed by atoms with Gasteiger partial charge >= 0.3 is 0 Å². The summed E-state index contributed by atoms with van der Waals surface area (Å²) in [5.74, 6) is 0.943.